The zero-order valence-corrected chi connectivity index (χ0v) is 13.3. The molecule has 3 rings (SSSR count). The number of hydrogen-bond donors (Lipinski definition) is 1. The Morgan fingerprint density at radius 1 is 1.05 bits per heavy atom. The van der Waals surface area contributed by atoms with Gasteiger partial charge in [-0.1, -0.05) is 28.1 Å². The van der Waals surface area contributed by atoms with Crippen LogP contribution in [0.2, 0.25) is 0 Å². The monoisotopic (exact) mass is 393 g/mol. The van der Waals surface area contributed by atoms with Crippen LogP contribution < -0.4 is 5.73 Å². The summed E-state index contributed by atoms with van der Waals surface area (Å²) in [4.78, 5) is 0. The molecule has 0 saturated carbocycles. The topological polar surface area (TPSA) is 69.6 Å². The fraction of sp³-hybridized carbons (Fsp3) is 0. The Kier molecular flexibility index (Phi) is 3.54. The summed E-state index contributed by atoms with van der Waals surface area (Å²) in [6.07, 6.45) is 0. The number of nitrogen functional groups attached to an aromatic ring is 1. The van der Waals surface area contributed by atoms with Gasteiger partial charge in [0.05, 0.1) is 5.69 Å². The molecule has 20 heavy (non-hydrogen) atoms. The van der Waals surface area contributed by atoms with Gasteiger partial charge in [0.2, 0.25) is 0 Å². The van der Waals surface area contributed by atoms with Crippen LogP contribution in [0, 0.1) is 0 Å². The van der Waals surface area contributed by atoms with Crippen molar-refractivity contribution in [1.29, 1.82) is 0 Å². The molecule has 3 aromatic rings. The molecule has 2 aromatic carbocycles. The van der Waals surface area contributed by atoms with Gasteiger partial charge in [-0.2, -0.15) is 4.68 Å². The van der Waals surface area contributed by atoms with Gasteiger partial charge in [0.25, 0.3) is 0 Å². The second-order valence-corrected chi connectivity index (χ2v) is 5.91. The summed E-state index contributed by atoms with van der Waals surface area (Å²) >= 11 is 6.96. The van der Waals surface area contributed by atoms with Crippen LogP contribution in [0.3, 0.4) is 0 Å². The van der Waals surface area contributed by atoms with Crippen molar-refractivity contribution in [3.8, 4) is 17.1 Å². The first kappa shape index (κ1) is 13.3. The third kappa shape index (κ3) is 2.46. The molecule has 1 aromatic heterocycles. The van der Waals surface area contributed by atoms with E-state index in [0.29, 0.717) is 11.5 Å². The Morgan fingerprint density at radius 2 is 1.90 bits per heavy atom. The summed E-state index contributed by atoms with van der Waals surface area (Å²) in [6.45, 7) is 0. The first-order valence-electron chi connectivity index (χ1n) is 5.75. The molecule has 5 nitrogen and oxygen atoms in total. The molecule has 0 unspecified atom stereocenters. The molecule has 0 spiro atoms. The summed E-state index contributed by atoms with van der Waals surface area (Å²) in [5, 5.41) is 11.9. The third-order valence-corrected chi connectivity index (χ3v) is 3.91. The minimum absolute atomic E-state index is 0.635. The summed E-state index contributed by atoms with van der Waals surface area (Å²) in [5.41, 5.74) is 8.20. The maximum Gasteiger partial charge on any atom is 0.187 e. The zero-order chi connectivity index (χ0) is 14.1. The SMILES string of the molecule is Nc1cccc(-c2nnnn2-c2cc(Br)ccc2Br)c1. The number of hydrogen-bond acceptors (Lipinski definition) is 4. The average Bonchev–Trinajstić information content (AvgIpc) is 2.90. The van der Waals surface area contributed by atoms with Gasteiger partial charge in [-0.15, -0.1) is 5.10 Å². The fourth-order valence-electron chi connectivity index (χ4n) is 1.86. The van der Waals surface area contributed by atoms with E-state index in [4.69, 9.17) is 5.73 Å². The van der Waals surface area contributed by atoms with E-state index in [9.17, 15) is 0 Å². The number of aromatic nitrogens is 4. The number of nitrogens with two attached hydrogens (primary N) is 1. The van der Waals surface area contributed by atoms with E-state index in [1.807, 2.05) is 42.5 Å². The summed E-state index contributed by atoms with van der Waals surface area (Å²) in [6, 6.07) is 13.3. The molecular weight excluding hydrogens is 386 g/mol. The van der Waals surface area contributed by atoms with Gasteiger partial charge < -0.3 is 5.73 Å². The van der Waals surface area contributed by atoms with Crippen molar-refractivity contribution in [2.45, 2.75) is 0 Å². The number of nitrogens with zero attached hydrogens (tertiary/aromatic N) is 4. The molecule has 0 aliphatic rings. The van der Waals surface area contributed by atoms with E-state index >= 15 is 0 Å². The molecule has 7 heteroatoms. The first-order chi connectivity index (χ1) is 9.65. The fourth-order valence-corrected chi connectivity index (χ4v) is 2.62. The van der Waals surface area contributed by atoms with Crippen LogP contribution in [-0.4, -0.2) is 20.2 Å². The normalized spacial score (nSPS) is 10.7. The van der Waals surface area contributed by atoms with E-state index in [2.05, 4.69) is 47.4 Å². The smallest absolute Gasteiger partial charge is 0.187 e. The van der Waals surface area contributed by atoms with Crippen LogP contribution >= 0.6 is 31.9 Å². The number of anilines is 1. The summed E-state index contributed by atoms with van der Waals surface area (Å²) in [5.74, 6) is 0.635. The molecule has 0 bridgehead atoms. The van der Waals surface area contributed by atoms with Crippen molar-refractivity contribution in [3.05, 3.63) is 51.4 Å². The predicted octanol–water partition coefficient (Wildman–Crippen LogP) is 3.44. The molecule has 0 fully saturated rings. The lowest BCUT2D eigenvalue weighted by atomic mass is 10.2. The minimum Gasteiger partial charge on any atom is -0.399 e. The van der Waals surface area contributed by atoms with Crippen LogP contribution in [0.15, 0.2) is 51.4 Å². The van der Waals surface area contributed by atoms with Crippen LogP contribution in [-0.2, 0) is 0 Å². The van der Waals surface area contributed by atoms with E-state index in [1.165, 1.54) is 0 Å². The van der Waals surface area contributed by atoms with Gasteiger partial charge in [-0.25, -0.2) is 0 Å². The van der Waals surface area contributed by atoms with Gasteiger partial charge in [0.1, 0.15) is 0 Å². The molecule has 0 amide bonds. The van der Waals surface area contributed by atoms with Crippen LogP contribution in [0.4, 0.5) is 5.69 Å². The summed E-state index contributed by atoms with van der Waals surface area (Å²) < 4.78 is 3.52. The second kappa shape index (κ2) is 5.34. The quantitative estimate of drug-likeness (QED) is 0.676. The Hall–Kier alpha value is -1.73. The maximum absolute atomic E-state index is 5.81. The zero-order valence-electron chi connectivity index (χ0n) is 10.2. The molecular formula is C13H9Br2N5. The molecule has 2 N–H and O–H groups in total. The highest BCUT2D eigenvalue weighted by Gasteiger charge is 2.13. The minimum atomic E-state index is 0.635. The molecule has 0 radical (unpaired) electrons. The Bertz CT molecular complexity index is 769. The third-order valence-electron chi connectivity index (χ3n) is 2.75. The number of rotatable bonds is 2. The second-order valence-electron chi connectivity index (χ2n) is 4.14. The van der Waals surface area contributed by atoms with Crippen molar-refractivity contribution >= 4 is 37.5 Å². The van der Waals surface area contributed by atoms with Gasteiger partial charge in [-0.3, -0.25) is 0 Å². The summed E-state index contributed by atoms with van der Waals surface area (Å²) in [7, 11) is 0. The van der Waals surface area contributed by atoms with Crippen LogP contribution in [0.5, 0.6) is 0 Å². The Morgan fingerprint density at radius 3 is 2.70 bits per heavy atom. The largest absolute Gasteiger partial charge is 0.399 e. The highest BCUT2D eigenvalue weighted by molar-refractivity contribution is 9.11. The molecule has 1 heterocycles. The lowest BCUT2D eigenvalue weighted by Gasteiger charge is -2.07. The number of halogens is 2. The van der Waals surface area contributed by atoms with E-state index in [0.717, 1.165) is 20.2 Å². The Labute approximate surface area is 132 Å². The predicted molar refractivity (Wildman–Crippen MR) is 84.4 cm³/mol. The highest BCUT2D eigenvalue weighted by atomic mass is 79.9. The standard InChI is InChI=1S/C13H9Br2N5/c14-9-4-5-11(15)12(7-9)20-13(17-18-19-20)8-2-1-3-10(16)6-8/h1-7H,16H2. The maximum atomic E-state index is 5.81. The number of tetrazole rings is 1. The Balaban J connectivity index is 2.18. The van der Waals surface area contributed by atoms with Crippen LogP contribution in [0.1, 0.15) is 0 Å². The van der Waals surface area contributed by atoms with Gasteiger partial charge in [0.15, 0.2) is 5.82 Å². The highest BCUT2D eigenvalue weighted by Crippen LogP contribution is 2.28. The van der Waals surface area contributed by atoms with Crippen molar-refractivity contribution in [1.82, 2.24) is 20.2 Å². The van der Waals surface area contributed by atoms with Gasteiger partial charge >= 0.3 is 0 Å². The van der Waals surface area contributed by atoms with Gasteiger partial charge in [0, 0.05) is 20.2 Å². The molecule has 0 aliphatic carbocycles. The van der Waals surface area contributed by atoms with Crippen molar-refractivity contribution in [2.24, 2.45) is 0 Å². The van der Waals surface area contributed by atoms with E-state index < -0.39 is 0 Å². The van der Waals surface area contributed by atoms with Crippen molar-refractivity contribution in [3.63, 3.8) is 0 Å². The van der Waals surface area contributed by atoms with Gasteiger partial charge in [-0.05, 0) is 56.7 Å². The average molecular weight is 395 g/mol. The molecule has 0 aliphatic heterocycles. The van der Waals surface area contributed by atoms with E-state index in [1.54, 1.807) is 4.68 Å². The lowest BCUT2D eigenvalue weighted by molar-refractivity contribution is 0.788. The van der Waals surface area contributed by atoms with Crippen molar-refractivity contribution < 1.29 is 0 Å². The molecule has 100 valence electrons. The van der Waals surface area contributed by atoms with Crippen molar-refractivity contribution in [2.75, 3.05) is 5.73 Å². The van der Waals surface area contributed by atoms with E-state index in [-0.39, 0.29) is 0 Å². The molecule has 0 saturated heterocycles. The first-order valence-corrected chi connectivity index (χ1v) is 7.33. The molecule has 0 atom stereocenters. The van der Waals surface area contributed by atoms with Crippen LogP contribution in [0.25, 0.3) is 17.1 Å². The number of benzene rings is 2. The lowest BCUT2D eigenvalue weighted by Crippen LogP contribution is -2.01.